The van der Waals surface area contributed by atoms with E-state index >= 15 is 0 Å². The predicted octanol–water partition coefficient (Wildman–Crippen LogP) is 10.6. The van der Waals surface area contributed by atoms with E-state index in [2.05, 4.69) is 32.0 Å². The SMILES string of the molecule is CCCCCCCCOc1ccc(-c2ccc(OC(=O)c3ccc(-c4ccc(CCCCC)cc4)c(C#N)c3)cc2)cc1. The number of carbonyl (C=O) groups excluding carboxylic acids is 1. The summed E-state index contributed by atoms with van der Waals surface area (Å²) in [6.07, 6.45) is 12.2. The Bertz CT molecular complexity index is 1470. The third-order valence-corrected chi connectivity index (χ3v) is 7.73. The number of esters is 1. The summed E-state index contributed by atoms with van der Waals surface area (Å²) in [5.41, 5.74) is 5.95. The highest BCUT2D eigenvalue weighted by Crippen LogP contribution is 2.28. The summed E-state index contributed by atoms with van der Waals surface area (Å²) in [6.45, 7) is 5.19. The number of benzene rings is 4. The molecule has 4 nitrogen and oxygen atoms in total. The van der Waals surface area contributed by atoms with Crippen LogP contribution in [-0.2, 0) is 6.42 Å². The van der Waals surface area contributed by atoms with Gasteiger partial charge in [0.05, 0.1) is 23.8 Å². The summed E-state index contributed by atoms with van der Waals surface area (Å²) >= 11 is 0. The molecule has 222 valence electrons. The Morgan fingerprint density at radius 3 is 1.88 bits per heavy atom. The fourth-order valence-corrected chi connectivity index (χ4v) is 5.14. The van der Waals surface area contributed by atoms with Crippen molar-refractivity contribution in [2.45, 2.75) is 78.1 Å². The number of ether oxygens (including phenoxy) is 2. The monoisotopic (exact) mass is 573 g/mol. The molecule has 0 heterocycles. The zero-order valence-corrected chi connectivity index (χ0v) is 25.6. The molecule has 4 heteroatoms. The van der Waals surface area contributed by atoms with Crippen LogP contribution in [0.25, 0.3) is 22.3 Å². The van der Waals surface area contributed by atoms with Gasteiger partial charge in [-0.3, -0.25) is 0 Å². The molecule has 4 rings (SSSR count). The lowest BCUT2D eigenvalue weighted by Gasteiger charge is -2.10. The van der Waals surface area contributed by atoms with E-state index < -0.39 is 5.97 Å². The molecule has 0 aromatic heterocycles. The molecule has 0 amide bonds. The predicted molar refractivity (Wildman–Crippen MR) is 176 cm³/mol. The number of nitrogens with zero attached hydrogens (tertiary/aromatic N) is 1. The molecule has 0 fully saturated rings. The van der Waals surface area contributed by atoms with Gasteiger partial charge in [-0.15, -0.1) is 0 Å². The highest BCUT2D eigenvalue weighted by atomic mass is 16.5. The molecular formula is C39H43NO3. The number of carbonyl (C=O) groups is 1. The van der Waals surface area contributed by atoms with E-state index in [0.29, 0.717) is 16.9 Å². The fraction of sp³-hybridized carbons (Fsp3) is 0.333. The average Bonchev–Trinajstić information content (AvgIpc) is 3.05. The maximum Gasteiger partial charge on any atom is 0.343 e. The number of hydrogen-bond donors (Lipinski definition) is 0. The molecule has 4 aromatic carbocycles. The highest BCUT2D eigenvalue weighted by Gasteiger charge is 2.13. The van der Waals surface area contributed by atoms with E-state index in [1.807, 2.05) is 54.6 Å². The minimum atomic E-state index is -0.492. The summed E-state index contributed by atoms with van der Waals surface area (Å²) in [7, 11) is 0. The minimum Gasteiger partial charge on any atom is -0.494 e. The second-order valence-electron chi connectivity index (χ2n) is 11.1. The van der Waals surface area contributed by atoms with Gasteiger partial charge in [-0.2, -0.15) is 5.26 Å². The second-order valence-corrected chi connectivity index (χ2v) is 11.1. The van der Waals surface area contributed by atoms with Crippen molar-refractivity contribution in [3.63, 3.8) is 0 Å². The van der Waals surface area contributed by atoms with Gasteiger partial charge in [0, 0.05) is 0 Å². The first-order valence-corrected chi connectivity index (χ1v) is 15.8. The standard InChI is InChI=1S/C39H43NO3/c1-3-5-7-8-9-11-27-42-36-22-17-31(18-23-36)32-19-24-37(25-20-32)43-39(41)34-21-26-38(35(28-34)29-40)33-15-13-30(14-16-33)12-10-6-4-2/h13-26,28H,3-12,27H2,1-2H3. The number of hydrogen-bond acceptors (Lipinski definition) is 4. The van der Waals surface area contributed by atoms with Gasteiger partial charge in [0.15, 0.2) is 0 Å². The largest absolute Gasteiger partial charge is 0.494 e. The van der Waals surface area contributed by atoms with Crippen LogP contribution in [0.1, 0.15) is 93.1 Å². The van der Waals surface area contributed by atoms with Gasteiger partial charge in [0.2, 0.25) is 0 Å². The zero-order chi connectivity index (χ0) is 30.3. The van der Waals surface area contributed by atoms with Crippen molar-refractivity contribution in [2.24, 2.45) is 0 Å². The van der Waals surface area contributed by atoms with Crippen molar-refractivity contribution < 1.29 is 14.3 Å². The van der Waals surface area contributed by atoms with Crippen molar-refractivity contribution in [3.05, 3.63) is 108 Å². The van der Waals surface area contributed by atoms with Gasteiger partial charge in [0.25, 0.3) is 0 Å². The molecule has 0 aliphatic heterocycles. The number of aryl methyl sites for hydroxylation is 1. The fourth-order valence-electron chi connectivity index (χ4n) is 5.14. The normalized spacial score (nSPS) is 10.7. The third kappa shape index (κ3) is 9.58. The lowest BCUT2D eigenvalue weighted by atomic mass is 9.96. The lowest BCUT2D eigenvalue weighted by Crippen LogP contribution is -2.09. The Hall–Kier alpha value is -4.36. The number of rotatable bonds is 16. The first-order valence-electron chi connectivity index (χ1n) is 15.8. The summed E-state index contributed by atoms with van der Waals surface area (Å²) in [5, 5.41) is 9.81. The quantitative estimate of drug-likeness (QED) is 0.0760. The molecule has 4 aromatic rings. The molecule has 0 radical (unpaired) electrons. The molecule has 0 unspecified atom stereocenters. The molecule has 0 saturated heterocycles. The second kappa shape index (κ2) is 16.9. The van der Waals surface area contributed by atoms with Crippen LogP contribution in [0, 0.1) is 11.3 Å². The Morgan fingerprint density at radius 2 is 1.23 bits per heavy atom. The third-order valence-electron chi connectivity index (χ3n) is 7.73. The van der Waals surface area contributed by atoms with Crippen LogP contribution in [0.2, 0.25) is 0 Å². The van der Waals surface area contributed by atoms with Gasteiger partial charge in [-0.1, -0.05) is 113 Å². The summed E-state index contributed by atoms with van der Waals surface area (Å²) in [6, 6.07) is 31.3. The molecule has 0 N–H and O–H groups in total. The van der Waals surface area contributed by atoms with Crippen molar-refractivity contribution in [2.75, 3.05) is 6.61 Å². The lowest BCUT2D eigenvalue weighted by molar-refractivity contribution is 0.0734. The van der Waals surface area contributed by atoms with Crippen LogP contribution < -0.4 is 9.47 Å². The van der Waals surface area contributed by atoms with E-state index in [1.54, 1.807) is 24.3 Å². The van der Waals surface area contributed by atoms with Gasteiger partial charge in [-0.25, -0.2) is 4.79 Å². The molecule has 0 bridgehead atoms. The van der Waals surface area contributed by atoms with E-state index in [0.717, 1.165) is 47.5 Å². The average molecular weight is 574 g/mol. The van der Waals surface area contributed by atoms with E-state index in [-0.39, 0.29) is 0 Å². The highest BCUT2D eigenvalue weighted by molar-refractivity contribution is 5.92. The maximum atomic E-state index is 12.9. The van der Waals surface area contributed by atoms with Crippen LogP contribution in [-0.4, -0.2) is 12.6 Å². The molecule has 0 atom stereocenters. The van der Waals surface area contributed by atoms with Crippen LogP contribution in [0.3, 0.4) is 0 Å². The van der Waals surface area contributed by atoms with Gasteiger partial charge in [0.1, 0.15) is 11.5 Å². The summed E-state index contributed by atoms with van der Waals surface area (Å²) < 4.78 is 11.5. The molecule has 0 aliphatic carbocycles. The van der Waals surface area contributed by atoms with Crippen LogP contribution in [0.4, 0.5) is 0 Å². The Kier molecular flexibility index (Phi) is 12.4. The summed E-state index contributed by atoms with van der Waals surface area (Å²) in [5.74, 6) is 0.841. The van der Waals surface area contributed by atoms with Crippen molar-refractivity contribution in [1.82, 2.24) is 0 Å². The van der Waals surface area contributed by atoms with Crippen LogP contribution in [0.5, 0.6) is 11.5 Å². The van der Waals surface area contributed by atoms with Crippen molar-refractivity contribution >= 4 is 5.97 Å². The minimum absolute atomic E-state index is 0.345. The maximum absolute atomic E-state index is 12.9. The van der Waals surface area contributed by atoms with Crippen LogP contribution >= 0.6 is 0 Å². The first-order chi connectivity index (χ1) is 21.1. The van der Waals surface area contributed by atoms with E-state index in [4.69, 9.17) is 9.47 Å². The molecular weight excluding hydrogens is 530 g/mol. The Labute approximate surface area is 257 Å². The molecule has 0 aliphatic rings. The van der Waals surface area contributed by atoms with Crippen molar-refractivity contribution in [1.29, 1.82) is 5.26 Å². The van der Waals surface area contributed by atoms with Gasteiger partial charge >= 0.3 is 5.97 Å². The molecule has 0 spiro atoms. The Morgan fingerprint density at radius 1 is 0.651 bits per heavy atom. The van der Waals surface area contributed by atoms with Crippen LogP contribution in [0.15, 0.2) is 91.0 Å². The van der Waals surface area contributed by atoms with E-state index in [9.17, 15) is 10.1 Å². The zero-order valence-electron chi connectivity index (χ0n) is 25.6. The van der Waals surface area contributed by atoms with Crippen molar-refractivity contribution in [3.8, 4) is 39.8 Å². The smallest absolute Gasteiger partial charge is 0.343 e. The molecule has 0 saturated carbocycles. The number of unbranched alkanes of at least 4 members (excludes halogenated alkanes) is 7. The Balaban J connectivity index is 1.31. The van der Waals surface area contributed by atoms with E-state index in [1.165, 1.54) is 56.9 Å². The van der Waals surface area contributed by atoms with Gasteiger partial charge < -0.3 is 9.47 Å². The summed E-state index contributed by atoms with van der Waals surface area (Å²) in [4.78, 5) is 12.9. The molecule has 43 heavy (non-hydrogen) atoms. The van der Waals surface area contributed by atoms with Gasteiger partial charge in [-0.05, 0) is 83.5 Å². The topological polar surface area (TPSA) is 59.3 Å². The number of nitriles is 1. The first kappa shape index (κ1) is 31.6.